The Morgan fingerprint density at radius 2 is 2.00 bits per heavy atom. The maximum Gasteiger partial charge on any atom is 0.263 e. The van der Waals surface area contributed by atoms with Crippen LogP contribution in [0.15, 0.2) is 52.0 Å². The summed E-state index contributed by atoms with van der Waals surface area (Å²) in [5.41, 5.74) is 1.74. The number of aryl methyl sites for hydroxylation is 2. The largest absolute Gasteiger partial charge is 0.265 e. The van der Waals surface area contributed by atoms with Gasteiger partial charge in [-0.25, -0.2) is 12.8 Å². The molecular formula is C18H16BrClFN3O2S. The maximum absolute atomic E-state index is 14.0. The summed E-state index contributed by atoms with van der Waals surface area (Å²) >= 11 is 9.33. The molecule has 0 amide bonds. The SMILES string of the molecule is Cc1ccc(C)c(S(=O)(=O)Nc2nn(Cc3c(F)cccc3Cl)cc2Br)c1. The van der Waals surface area contributed by atoms with E-state index in [1.165, 1.54) is 16.8 Å². The van der Waals surface area contributed by atoms with E-state index in [1.54, 1.807) is 31.3 Å². The first-order chi connectivity index (χ1) is 12.7. The predicted octanol–water partition coefficient (Wildman–Crippen LogP) is 4.90. The quantitative estimate of drug-likeness (QED) is 0.574. The van der Waals surface area contributed by atoms with Crippen LogP contribution in [0.3, 0.4) is 0 Å². The Hall–Kier alpha value is -1.90. The summed E-state index contributed by atoms with van der Waals surface area (Å²) in [6.07, 6.45) is 1.56. The molecule has 0 fully saturated rings. The first kappa shape index (κ1) is 19.9. The number of benzene rings is 2. The Kier molecular flexibility index (Phi) is 5.60. The van der Waals surface area contributed by atoms with Gasteiger partial charge in [0.05, 0.1) is 15.9 Å². The van der Waals surface area contributed by atoms with Crippen LogP contribution in [0.5, 0.6) is 0 Å². The molecule has 9 heteroatoms. The van der Waals surface area contributed by atoms with Crippen molar-refractivity contribution in [2.24, 2.45) is 0 Å². The Balaban J connectivity index is 1.90. The van der Waals surface area contributed by atoms with Crippen LogP contribution >= 0.6 is 27.5 Å². The van der Waals surface area contributed by atoms with E-state index in [0.29, 0.717) is 10.0 Å². The first-order valence-electron chi connectivity index (χ1n) is 7.93. The molecule has 3 rings (SSSR count). The molecule has 0 atom stereocenters. The smallest absolute Gasteiger partial charge is 0.263 e. The number of sulfonamides is 1. The molecule has 0 aliphatic carbocycles. The Morgan fingerprint density at radius 3 is 2.70 bits per heavy atom. The second kappa shape index (κ2) is 7.61. The summed E-state index contributed by atoms with van der Waals surface area (Å²) in [4.78, 5) is 0.182. The van der Waals surface area contributed by atoms with Crippen LogP contribution in [0.4, 0.5) is 10.2 Å². The second-order valence-corrected chi connectivity index (χ2v) is 9.01. The van der Waals surface area contributed by atoms with E-state index >= 15 is 0 Å². The first-order valence-corrected chi connectivity index (χ1v) is 10.6. The minimum atomic E-state index is -3.82. The Morgan fingerprint density at radius 1 is 1.26 bits per heavy atom. The van der Waals surface area contributed by atoms with E-state index in [2.05, 4.69) is 25.8 Å². The average Bonchev–Trinajstić information content (AvgIpc) is 2.92. The normalized spacial score (nSPS) is 11.6. The van der Waals surface area contributed by atoms with Gasteiger partial charge in [0.25, 0.3) is 10.0 Å². The molecule has 3 aromatic rings. The van der Waals surface area contributed by atoms with Crippen molar-refractivity contribution >= 4 is 43.4 Å². The standard InChI is InChI=1S/C18H16BrClFN3O2S/c1-11-6-7-12(2)17(8-11)27(25,26)23-18-14(19)10-24(22-18)9-13-15(20)4-3-5-16(13)21/h3-8,10H,9H2,1-2H3,(H,22,23). The van der Waals surface area contributed by atoms with Gasteiger partial charge in [-0.05, 0) is 59.1 Å². The third-order valence-electron chi connectivity index (χ3n) is 3.96. The van der Waals surface area contributed by atoms with Crippen LogP contribution in [0.2, 0.25) is 5.02 Å². The lowest BCUT2D eigenvalue weighted by Crippen LogP contribution is -2.15. The summed E-state index contributed by atoms with van der Waals surface area (Å²) < 4.78 is 43.8. The van der Waals surface area contributed by atoms with Gasteiger partial charge in [-0.2, -0.15) is 5.10 Å². The number of nitrogens with zero attached hydrogens (tertiary/aromatic N) is 2. The van der Waals surface area contributed by atoms with Gasteiger partial charge in [0.2, 0.25) is 0 Å². The molecule has 1 N–H and O–H groups in total. The van der Waals surface area contributed by atoms with E-state index in [-0.39, 0.29) is 27.8 Å². The topological polar surface area (TPSA) is 64.0 Å². The van der Waals surface area contributed by atoms with Crippen molar-refractivity contribution in [3.8, 4) is 0 Å². The zero-order chi connectivity index (χ0) is 19.8. The minimum Gasteiger partial charge on any atom is -0.265 e. The van der Waals surface area contributed by atoms with Gasteiger partial charge >= 0.3 is 0 Å². The molecule has 0 radical (unpaired) electrons. The number of nitrogens with one attached hydrogen (secondary N) is 1. The van der Waals surface area contributed by atoms with Gasteiger partial charge in [-0.3, -0.25) is 9.40 Å². The van der Waals surface area contributed by atoms with E-state index < -0.39 is 15.8 Å². The fourth-order valence-corrected chi connectivity index (χ4v) is 4.69. The highest BCUT2D eigenvalue weighted by atomic mass is 79.9. The van der Waals surface area contributed by atoms with Gasteiger partial charge in [0, 0.05) is 16.8 Å². The molecule has 0 spiro atoms. The molecule has 1 aromatic heterocycles. The van der Waals surface area contributed by atoms with Crippen LogP contribution in [0.1, 0.15) is 16.7 Å². The molecule has 0 unspecified atom stereocenters. The van der Waals surface area contributed by atoms with Crippen LogP contribution in [-0.4, -0.2) is 18.2 Å². The fourth-order valence-electron chi connectivity index (χ4n) is 2.57. The monoisotopic (exact) mass is 471 g/mol. The highest BCUT2D eigenvalue weighted by molar-refractivity contribution is 9.10. The molecule has 142 valence electrons. The Bertz CT molecular complexity index is 1100. The second-order valence-electron chi connectivity index (χ2n) is 6.10. The zero-order valence-corrected chi connectivity index (χ0v) is 17.7. The molecule has 5 nitrogen and oxygen atoms in total. The third kappa shape index (κ3) is 4.34. The zero-order valence-electron chi connectivity index (χ0n) is 14.5. The van der Waals surface area contributed by atoms with Gasteiger partial charge in [0.1, 0.15) is 5.82 Å². The van der Waals surface area contributed by atoms with Crippen molar-refractivity contribution in [3.63, 3.8) is 0 Å². The van der Waals surface area contributed by atoms with E-state index in [1.807, 2.05) is 13.0 Å². The van der Waals surface area contributed by atoms with Crippen molar-refractivity contribution < 1.29 is 12.8 Å². The summed E-state index contributed by atoms with van der Waals surface area (Å²) in [6, 6.07) is 9.60. The molecule has 27 heavy (non-hydrogen) atoms. The molecule has 0 saturated heterocycles. The number of aromatic nitrogens is 2. The average molecular weight is 473 g/mol. The lowest BCUT2D eigenvalue weighted by molar-refractivity contribution is 0.585. The molecule has 0 saturated carbocycles. The number of halogens is 3. The highest BCUT2D eigenvalue weighted by Crippen LogP contribution is 2.27. The predicted molar refractivity (Wildman–Crippen MR) is 107 cm³/mol. The number of anilines is 1. The molecule has 2 aromatic carbocycles. The molecular weight excluding hydrogens is 457 g/mol. The van der Waals surface area contributed by atoms with Crippen molar-refractivity contribution in [1.82, 2.24) is 9.78 Å². The lowest BCUT2D eigenvalue weighted by atomic mass is 10.2. The number of hydrogen-bond acceptors (Lipinski definition) is 3. The summed E-state index contributed by atoms with van der Waals surface area (Å²) in [6.45, 7) is 3.61. The van der Waals surface area contributed by atoms with Crippen LogP contribution in [0.25, 0.3) is 0 Å². The van der Waals surface area contributed by atoms with Gasteiger partial charge < -0.3 is 0 Å². The number of hydrogen-bond donors (Lipinski definition) is 1. The summed E-state index contributed by atoms with van der Waals surface area (Å²) in [5.74, 6) is -0.338. The van der Waals surface area contributed by atoms with Gasteiger partial charge in [-0.1, -0.05) is 29.8 Å². The van der Waals surface area contributed by atoms with Gasteiger partial charge in [-0.15, -0.1) is 0 Å². The third-order valence-corrected chi connectivity index (χ3v) is 6.38. The lowest BCUT2D eigenvalue weighted by Gasteiger charge is -2.10. The minimum absolute atomic E-state index is 0.0648. The molecule has 0 aliphatic rings. The van der Waals surface area contributed by atoms with Crippen LogP contribution < -0.4 is 4.72 Å². The van der Waals surface area contributed by atoms with E-state index in [0.717, 1.165) is 5.56 Å². The number of rotatable bonds is 5. The summed E-state index contributed by atoms with van der Waals surface area (Å²) in [5, 5.41) is 4.48. The molecule has 0 aliphatic heterocycles. The van der Waals surface area contributed by atoms with Crippen molar-refractivity contribution in [3.05, 3.63) is 74.6 Å². The van der Waals surface area contributed by atoms with Gasteiger partial charge in [0.15, 0.2) is 5.82 Å². The van der Waals surface area contributed by atoms with Crippen molar-refractivity contribution in [2.45, 2.75) is 25.3 Å². The van der Waals surface area contributed by atoms with Crippen LogP contribution in [0, 0.1) is 19.7 Å². The summed E-state index contributed by atoms with van der Waals surface area (Å²) in [7, 11) is -3.82. The fraction of sp³-hybridized carbons (Fsp3) is 0.167. The van der Waals surface area contributed by atoms with E-state index in [4.69, 9.17) is 11.6 Å². The highest BCUT2D eigenvalue weighted by Gasteiger charge is 2.20. The van der Waals surface area contributed by atoms with Crippen molar-refractivity contribution in [1.29, 1.82) is 0 Å². The van der Waals surface area contributed by atoms with Crippen LogP contribution in [-0.2, 0) is 16.6 Å². The Labute approximate surface area is 170 Å². The maximum atomic E-state index is 14.0. The van der Waals surface area contributed by atoms with E-state index in [9.17, 15) is 12.8 Å². The van der Waals surface area contributed by atoms with Crippen molar-refractivity contribution in [2.75, 3.05) is 4.72 Å². The molecule has 0 bridgehead atoms. The molecule has 1 heterocycles.